The van der Waals surface area contributed by atoms with E-state index in [1.165, 1.54) is 0 Å². The van der Waals surface area contributed by atoms with Crippen LogP contribution in [0.4, 0.5) is 0 Å². The summed E-state index contributed by atoms with van der Waals surface area (Å²) in [7, 11) is 0. The number of hydrogen-bond acceptors (Lipinski definition) is 3. The van der Waals surface area contributed by atoms with E-state index in [0.717, 1.165) is 20.6 Å². The molecule has 0 bridgehead atoms. The number of nitrogens with one attached hydrogen (secondary N) is 1. The second-order valence-corrected chi connectivity index (χ2v) is 7.13. The highest BCUT2D eigenvalue weighted by Gasteiger charge is 2.11. The zero-order chi connectivity index (χ0) is 15.4. The molecule has 0 aliphatic rings. The number of benzene rings is 1. The van der Waals surface area contributed by atoms with E-state index in [0.29, 0.717) is 17.1 Å². The highest BCUT2D eigenvalue weighted by Crippen LogP contribution is 2.23. The van der Waals surface area contributed by atoms with Gasteiger partial charge in [0, 0.05) is 20.8 Å². The smallest absolute Gasteiger partial charge is 0.252 e. The SMILES string of the molecule is C[C@H](O)c1ccc(CCNC(=O)c2cc(Br)ccc2Cl)s1. The molecule has 112 valence electrons. The Balaban J connectivity index is 1.90. The quantitative estimate of drug-likeness (QED) is 0.807. The summed E-state index contributed by atoms with van der Waals surface area (Å²) in [5.41, 5.74) is 0.460. The van der Waals surface area contributed by atoms with Crippen molar-refractivity contribution in [1.29, 1.82) is 0 Å². The maximum absolute atomic E-state index is 12.1. The lowest BCUT2D eigenvalue weighted by molar-refractivity contribution is 0.0954. The fourth-order valence-corrected chi connectivity index (χ4v) is 3.33. The maximum atomic E-state index is 12.1. The molecule has 1 atom stereocenters. The van der Waals surface area contributed by atoms with E-state index in [-0.39, 0.29) is 5.91 Å². The molecule has 1 aromatic carbocycles. The molecule has 0 aliphatic carbocycles. The van der Waals surface area contributed by atoms with Crippen LogP contribution in [0.5, 0.6) is 0 Å². The van der Waals surface area contributed by atoms with Crippen molar-refractivity contribution in [3.63, 3.8) is 0 Å². The lowest BCUT2D eigenvalue weighted by Crippen LogP contribution is -2.25. The van der Waals surface area contributed by atoms with Crippen LogP contribution in [-0.2, 0) is 6.42 Å². The molecule has 1 amide bonds. The molecule has 0 aliphatic heterocycles. The zero-order valence-corrected chi connectivity index (χ0v) is 14.6. The summed E-state index contributed by atoms with van der Waals surface area (Å²) in [5, 5.41) is 12.8. The van der Waals surface area contributed by atoms with Crippen molar-refractivity contribution in [2.45, 2.75) is 19.4 Å². The van der Waals surface area contributed by atoms with Gasteiger partial charge in [-0.25, -0.2) is 0 Å². The van der Waals surface area contributed by atoms with Crippen LogP contribution in [0.15, 0.2) is 34.8 Å². The molecule has 0 saturated heterocycles. The van der Waals surface area contributed by atoms with Crippen LogP contribution in [0.3, 0.4) is 0 Å². The van der Waals surface area contributed by atoms with E-state index < -0.39 is 6.10 Å². The first-order valence-corrected chi connectivity index (χ1v) is 8.46. The van der Waals surface area contributed by atoms with Gasteiger partial charge in [-0.3, -0.25) is 4.79 Å². The van der Waals surface area contributed by atoms with Crippen LogP contribution in [0.1, 0.15) is 33.1 Å². The average Bonchev–Trinajstić information content (AvgIpc) is 2.90. The van der Waals surface area contributed by atoms with Crippen molar-refractivity contribution in [3.8, 4) is 0 Å². The largest absolute Gasteiger partial charge is 0.388 e. The van der Waals surface area contributed by atoms with E-state index in [9.17, 15) is 9.90 Å². The van der Waals surface area contributed by atoms with Gasteiger partial charge in [-0.2, -0.15) is 0 Å². The second-order valence-electron chi connectivity index (χ2n) is 4.61. The van der Waals surface area contributed by atoms with Gasteiger partial charge in [0.25, 0.3) is 5.91 Å². The first-order chi connectivity index (χ1) is 9.97. The minimum absolute atomic E-state index is 0.186. The Bertz CT molecular complexity index is 642. The van der Waals surface area contributed by atoms with Crippen molar-refractivity contribution in [2.75, 3.05) is 6.54 Å². The first-order valence-electron chi connectivity index (χ1n) is 6.47. The number of halogens is 2. The number of aliphatic hydroxyl groups is 1. The van der Waals surface area contributed by atoms with Crippen molar-refractivity contribution in [1.82, 2.24) is 5.32 Å². The number of amides is 1. The fourth-order valence-electron chi connectivity index (χ4n) is 1.82. The van der Waals surface area contributed by atoms with Crippen LogP contribution in [-0.4, -0.2) is 17.6 Å². The minimum Gasteiger partial charge on any atom is -0.388 e. The number of aliphatic hydroxyl groups excluding tert-OH is 1. The van der Waals surface area contributed by atoms with Gasteiger partial charge in [-0.1, -0.05) is 27.5 Å². The van der Waals surface area contributed by atoms with Gasteiger partial charge in [0.1, 0.15) is 0 Å². The summed E-state index contributed by atoms with van der Waals surface area (Å²) in [4.78, 5) is 14.1. The molecular weight excluding hydrogens is 374 g/mol. The van der Waals surface area contributed by atoms with E-state index in [1.807, 2.05) is 12.1 Å². The average molecular weight is 389 g/mol. The van der Waals surface area contributed by atoms with Crippen LogP contribution >= 0.6 is 38.9 Å². The number of hydrogen-bond donors (Lipinski definition) is 2. The number of rotatable bonds is 5. The van der Waals surface area contributed by atoms with Crippen molar-refractivity contribution < 1.29 is 9.90 Å². The Labute approximate surface area is 141 Å². The summed E-state index contributed by atoms with van der Waals surface area (Å²) in [5.74, 6) is -0.186. The van der Waals surface area contributed by atoms with Gasteiger partial charge in [0.15, 0.2) is 0 Å². The lowest BCUT2D eigenvalue weighted by atomic mass is 10.2. The predicted octanol–water partition coefficient (Wildman–Crippen LogP) is 4.19. The molecule has 0 unspecified atom stereocenters. The summed E-state index contributed by atoms with van der Waals surface area (Å²) >= 11 is 10.9. The van der Waals surface area contributed by atoms with Gasteiger partial charge in [-0.15, -0.1) is 11.3 Å². The lowest BCUT2D eigenvalue weighted by Gasteiger charge is -2.06. The van der Waals surface area contributed by atoms with Gasteiger partial charge in [-0.05, 0) is 43.7 Å². The molecule has 0 spiro atoms. The van der Waals surface area contributed by atoms with Gasteiger partial charge in [0.2, 0.25) is 0 Å². The molecule has 2 N–H and O–H groups in total. The van der Waals surface area contributed by atoms with Gasteiger partial charge in [0.05, 0.1) is 16.7 Å². The molecular formula is C15H15BrClNO2S. The molecule has 0 radical (unpaired) electrons. The molecule has 1 aromatic heterocycles. The summed E-state index contributed by atoms with van der Waals surface area (Å²) in [6.07, 6.45) is 0.285. The third kappa shape index (κ3) is 4.54. The minimum atomic E-state index is -0.446. The molecule has 0 saturated carbocycles. The van der Waals surface area contributed by atoms with Crippen molar-refractivity contribution >= 4 is 44.8 Å². The third-order valence-corrected chi connectivity index (χ3v) is 5.06. The van der Waals surface area contributed by atoms with Crippen molar-refractivity contribution in [3.05, 3.63) is 55.1 Å². The molecule has 2 aromatic rings. The molecule has 0 fully saturated rings. The van der Waals surface area contributed by atoms with Crippen molar-refractivity contribution in [2.24, 2.45) is 0 Å². The molecule has 21 heavy (non-hydrogen) atoms. The maximum Gasteiger partial charge on any atom is 0.252 e. The van der Waals surface area contributed by atoms with E-state index >= 15 is 0 Å². The predicted molar refractivity (Wildman–Crippen MR) is 90.1 cm³/mol. The first kappa shape index (κ1) is 16.5. The topological polar surface area (TPSA) is 49.3 Å². The van der Waals surface area contributed by atoms with E-state index in [1.54, 1.807) is 36.5 Å². The number of thiophene rings is 1. The zero-order valence-electron chi connectivity index (χ0n) is 11.4. The van der Waals surface area contributed by atoms with E-state index in [4.69, 9.17) is 11.6 Å². The fraction of sp³-hybridized carbons (Fsp3) is 0.267. The van der Waals surface area contributed by atoms with Gasteiger partial charge < -0.3 is 10.4 Å². The third-order valence-electron chi connectivity index (χ3n) is 2.92. The number of carbonyl (C=O) groups excluding carboxylic acids is 1. The van der Waals surface area contributed by atoms with E-state index in [2.05, 4.69) is 21.2 Å². The highest BCUT2D eigenvalue weighted by atomic mass is 79.9. The second kappa shape index (κ2) is 7.40. The Morgan fingerprint density at radius 2 is 2.19 bits per heavy atom. The van der Waals surface area contributed by atoms with Crippen LogP contribution < -0.4 is 5.32 Å². The Kier molecular flexibility index (Phi) is 5.81. The molecule has 3 nitrogen and oxygen atoms in total. The van der Waals surface area contributed by atoms with Crippen LogP contribution in [0.25, 0.3) is 0 Å². The molecule has 1 heterocycles. The van der Waals surface area contributed by atoms with Gasteiger partial charge >= 0.3 is 0 Å². The summed E-state index contributed by atoms with van der Waals surface area (Å²) < 4.78 is 0.817. The normalized spacial score (nSPS) is 12.2. The monoisotopic (exact) mass is 387 g/mol. The van der Waals surface area contributed by atoms with Crippen LogP contribution in [0, 0.1) is 0 Å². The Hall–Kier alpha value is -0.880. The highest BCUT2D eigenvalue weighted by molar-refractivity contribution is 9.10. The Morgan fingerprint density at radius 1 is 1.43 bits per heavy atom. The summed E-state index contributed by atoms with van der Waals surface area (Å²) in [6, 6.07) is 9.08. The standard InChI is InChI=1S/C15H15BrClNO2S/c1-9(19)14-5-3-11(21-14)6-7-18-15(20)12-8-10(16)2-4-13(12)17/h2-5,8-9,19H,6-7H2,1H3,(H,18,20)/t9-/m0/s1. The van der Waals surface area contributed by atoms with Crippen LogP contribution in [0.2, 0.25) is 5.02 Å². The number of carbonyl (C=O) groups is 1. The molecule has 2 rings (SSSR count). The summed E-state index contributed by atoms with van der Waals surface area (Å²) in [6.45, 7) is 2.27. The molecule has 6 heteroatoms. The Morgan fingerprint density at radius 3 is 2.86 bits per heavy atom.